The lowest BCUT2D eigenvalue weighted by Crippen LogP contribution is -2.46. The molecule has 0 unspecified atom stereocenters. The minimum absolute atomic E-state index is 0.174. The van der Waals surface area contributed by atoms with Gasteiger partial charge in [-0.3, -0.25) is 14.4 Å². The van der Waals surface area contributed by atoms with Gasteiger partial charge in [-0.1, -0.05) is 17.3 Å². The average Bonchev–Trinajstić information content (AvgIpc) is 3.46. The van der Waals surface area contributed by atoms with E-state index in [2.05, 4.69) is 15.5 Å². The minimum Gasteiger partial charge on any atom is -0.496 e. The first-order valence-electron chi connectivity index (χ1n) is 10.3. The molecule has 172 valence electrons. The molecule has 0 saturated carbocycles. The highest BCUT2D eigenvalue weighted by Gasteiger charge is 2.32. The number of methoxy groups -OCH3 is 1. The molecule has 33 heavy (non-hydrogen) atoms. The molecule has 0 aliphatic carbocycles. The highest BCUT2D eigenvalue weighted by atomic mass is 16.5. The number of nitrogens with zero attached hydrogens (tertiary/aromatic N) is 4. The molecule has 0 atom stereocenters. The second kappa shape index (κ2) is 9.65. The first-order valence-corrected chi connectivity index (χ1v) is 10.3. The van der Waals surface area contributed by atoms with Gasteiger partial charge in [-0.2, -0.15) is 0 Å². The molecule has 0 radical (unpaired) electrons. The highest BCUT2D eigenvalue weighted by Crippen LogP contribution is 2.26. The van der Waals surface area contributed by atoms with E-state index in [4.69, 9.17) is 14.0 Å². The molecular formula is C22H23N5O6. The Kier molecular flexibility index (Phi) is 6.50. The topological polar surface area (TPSA) is 127 Å². The van der Waals surface area contributed by atoms with Gasteiger partial charge in [0.1, 0.15) is 30.4 Å². The normalized spacial score (nSPS) is 13.4. The van der Waals surface area contributed by atoms with Crippen molar-refractivity contribution in [1.82, 2.24) is 20.2 Å². The van der Waals surface area contributed by atoms with Crippen LogP contribution in [0.2, 0.25) is 0 Å². The number of carbonyl (C=O) groups excluding carboxylic acids is 3. The van der Waals surface area contributed by atoms with Gasteiger partial charge in [-0.25, -0.2) is 15.0 Å². The number of nitrogens with one attached hydrogen (secondary N) is 1. The summed E-state index contributed by atoms with van der Waals surface area (Å²) in [5.74, 6) is 0.0269. The van der Waals surface area contributed by atoms with Gasteiger partial charge < -0.3 is 19.3 Å². The Balaban J connectivity index is 1.38. The largest absolute Gasteiger partial charge is 0.496 e. The van der Waals surface area contributed by atoms with Crippen molar-refractivity contribution in [1.29, 1.82) is 0 Å². The number of hydrogen-bond acceptors (Lipinski definition) is 8. The van der Waals surface area contributed by atoms with Crippen LogP contribution in [0.25, 0.3) is 10.9 Å². The number of ether oxygens (including phenoxy) is 2. The predicted molar refractivity (Wildman–Crippen MR) is 116 cm³/mol. The quantitative estimate of drug-likeness (QED) is 0.574. The smallest absolute Gasteiger partial charge is 0.291 e. The Bertz CT molecular complexity index is 1190. The van der Waals surface area contributed by atoms with Crippen molar-refractivity contribution < 1.29 is 28.4 Å². The molecule has 0 bridgehead atoms. The van der Waals surface area contributed by atoms with Gasteiger partial charge in [0.15, 0.2) is 5.82 Å². The molecule has 3 heterocycles. The van der Waals surface area contributed by atoms with E-state index in [1.807, 2.05) is 18.2 Å². The van der Waals surface area contributed by atoms with E-state index in [0.29, 0.717) is 36.5 Å². The number of para-hydroxylation sites is 1. The van der Waals surface area contributed by atoms with Crippen molar-refractivity contribution >= 4 is 34.4 Å². The van der Waals surface area contributed by atoms with Crippen molar-refractivity contribution in [2.24, 2.45) is 0 Å². The van der Waals surface area contributed by atoms with Crippen LogP contribution in [0, 0.1) is 6.92 Å². The van der Waals surface area contributed by atoms with Gasteiger partial charge in [0.25, 0.3) is 17.7 Å². The fraction of sp³-hybridized carbons (Fsp3) is 0.318. The third-order valence-electron chi connectivity index (χ3n) is 5.02. The molecule has 11 heteroatoms. The zero-order valence-corrected chi connectivity index (χ0v) is 18.2. The molecule has 1 aliphatic rings. The lowest BCUT2D eigenvalue weighted by molar-refractivity contribution is -0.146. The first kappa shape index (κ1) is 22.2. The summed E-state index contributed by atoms with van der Waals surface area (Å²) in [7, 11) is 1.53. The third kappa shape index (κ3) is 4.93. The van der Waals surface area contributed by atoms with Gasteiger partial charge in [0.2, 0.25) is 0 Å². The Morgan fingerprint density at radius 2 is 1.91 bits per heavy atom. The van der Waals surface area contributed by atoms with Crippen LogP contribution in [0.1, 0.15) is 22.7 Å². The van der Waals surface area contributed by atoms with Crippen molar-refractivity contribution in [3.63, 3.8) is 0 Å². The van der Waals surface area contributed by atoms with E-state index in [1.54, 1.807) is 25.1 Å². The lowest BCUT2D eigenvalue weighted by Gasteiger charge is -2.27. The molecule has 1 aromatic carbocycles. The number of aromatic nitrogens is 2. The Hall–Kier alpha value is -3.99. The number of anilines is 1. The van der Waals surface area contributed by atoms with Gasteiger partial charge in [0.05, 0.1) is 12.6 Å². The molecule has 2 aromatic heterocycles. The predicted octanol–water partition coefficient (Wildman–Crippen LogP) is 1.78. The van der Waals surface area contributed by atoms with Crippen LogP contribution in [0.15, 0.2) is 40.9 Å². The Morgan fingerprint density at radius 1 is 1.12 bits per heavy atom. The minimum atomic E-state index is -0.474. The number of carbonyl (C=O) groups is 3. The summed E-state index contributed by atoms with van der Waals surface area (Å²) in [5, 5.41) is 9.62. The number of benzene rings is 1. The average molecular weight is 453 g/mol. The molecule has 3 amide bonds. The van der Waals surface area contributed by atoms with Crippen LogP contribution >= 0.6 is 0 Å². The zero-order valence-electron chi connectivity index (χ0n) is 18.2. The van der Waals surface area contributed by atoms with E-state index in [1.165, 1.54) is 17.1 Å². The fourth-order valence-electron chi connectivity index (χ4n) is 3.55. The van der Waals surface area contributed by atoms with E-state index in [9.17, 15) is 14.4 Å². The van der Waals surface area contributed by atoms with Crippen molar-refractivity contribution in [2.75, 3.05) is 38.7 Å². The van der Waals surface area contributed by atoms with Crippen molar-refractivity contribution in [3.8, 4) is 5.75 Å². The van der Waals surface area contributed by atoms with Gasteiger partial charge >= 0.3 is 0 Å². The fourth-order valence-corrected chi connectivity index (χ4v) is 3.55. The van der Waals surface area contributed by atoms with Crippen molar-refractivity contribution in [2.45, 2.75) is 13.3 Å². The summed E-state index contributed by atoms with van der Waals surface area (Å²) in [6, 6.07) is 10.5. The highest BCUT2D eigenvalue weighted by molar-refractivity contribution is 5.98. The van der Waals surface area contributed by atoms with Crippen LogP contribution in [0.4, 0.5) is 5.82 Å². The Labute approximate surface area is 189 Å². The summed E-state index contributed by atoms with van der Waals surface area (Å²) in [6.07, 6.45) is 0.619. The standard InChI is InChI=1S/C22H23N5O6/c1-14-10-19(25-33-14)24-20(28)12-32-13-21(29)26-8-5-9-27(26)22(30)17-11-18(31-2)15-6-3-4-7-16(15)23-17/h3-4,6-7,10-11H,5,8-9,12-13H2,1-2H3,(H,24,25,28). The maximum absolute atomic E-state index is 13.2. The number of aryl methyl sites for hydroxylation is 1. The summed E-state index contributed by atoms with van der Waals surface area (Å²) < 4.78 is 15.5. The monoisotopic (exact) mass is 453 g/mol. The molecular weight excluding hydrogens is 430 g/mol. The van der Waals surface area contributed by atoms with E-state index in [0.717, 1.165) is 5.39 Å². The van der Waals surface area contributed by atoms with E-state index >= 15 is 0 Å². The number of fused-ring (bicyclic) bond motifs is 1. The number of pyridine rings is 1. The van der Waals surface area contributed by atoms with Crippen LogP contribution in [0.5, 0.6) is 5.75 Å². The third-order valence-corrected chi connectivity index (χ3v) is 5.02. The molecule has 0 spiro atoms. The van der Waals surface area contributed by atoms with E-state index < -0.39 is 17.7 Å². The molecule has 1 saturated heterocycles. The lowest BCUT2D eigenvalue weighted by atomic mass is 10.1. The van der Waals surface area contributed by atoms with Crippen LogP contribution in [0.3, 0.4) is 0 Å². The first-order chi connectivity index (χ1) is 16.0. The number of hydrazine groups is 1. The Morgan fingerprint density at radius 3 is 2.67 bits per heavy atom. The summed E-state index contributed by atoms with van der Waals surface area (Å²) >= 11 is 0. The summed E-state index contributed by atoms with van der Waals surface area (Å²) in [4.78, 5) is 42.2. The van der Waals surface area contributed by atoms with Crippen molar-refractivity contribution in [3.05, 3.63) is 47.9 Å². The summed E-state index contributed by atoms with van der Waals surface area (Å²) in [6.45, 7) is 1.73. The molecule has 1 fully saturated rings. The molecule has 4 rings (SSSR count). The van der Waals surface area contributed by atoms with Gasteiger partial charge in [-0.05, 0) is 25.5 Å². The molecule has 1 N–H and O–H groups in total. The van der Waals surface area contributed by atoms with Gasteiger partial charge in [-0.15, -0.1) is 0 Å². The molecule has 3 aromatic rings. The second-order valence-electron chi connectivity index (χ2n) is 7.39. The zero-order chi connectivity index (χ0) is 23.4. The maximum Gasteiger partial charge on any atom is 0.291 e. The van der Waals surface area contributed by atoms with Crippen LogP contribution < -0.4 is 10.1 Å². The maximum atomic E-state index is 13.2. The SMILES string of the molecule is COc1cc(C(=O)N2CCCN2C(=O)COCC(=O)Nc2cc(C)on2)nc2ccccc12. The molecule has 1 aliphatic heterocycles. The number of amides is 3. The second-order valence-corrected chi connectivity index (χ2v) is 7.39. The number of rotatable bonds is 7. The van der Waals surface area contributed by atoms with Gasteiger partial charge in [0, 0.05) is 30.6 Å². The van der Waals surface area contributed by atoms with E-state index in [-0.39, 0.29) is 24.7 Å². The summed E-state index contributed by atoms with van der Waals surface area (Å²) in [5.41, 5.74) is 0.794. The van der Waals surface area contributed by atoms with Crippen LogP contribution in [-0.2, 0) is 14.3 Å². The number of hydrogen-bond donors (Lipinski definition) is 1. The molecule has 11 nitrogen and oxygen atoms in total. The van der Waals surface area contributed by atoms with Crippen LogP contribution in [-0.4, -0.2) is 71.3 Å².